The summed E-state index contributed by atoms with van der Waals surface area (Å²) >= 11 is 0. The van der Waals surface area contributed by atoms with Crippen LogP contribution in [0.2, 0.25) is 0 Å². The van der Waals surface area contributed by atoms with Gasteiger partial charge in [0.05, 0.1) is 18.4 Å². The van der Waals surface area contributed by atoms with Crippen molar-refractivity contribution in [2.45, 2.75) is 44.3 Å². The van der Waals surface area contributed by atoms with E-state index in [9.17, 15) is 18.4 Å². The molecule has 120 valence electrons. The Bertz CT molecular complexity index is 541. The minimum absolute atomic E-state index is 0.0282. The number of ether oxygens (including phenoxy) is 1. The Hall–Kier alpha value is -2.18. The third-order valence-electron chi connectivity index (χ3n) is 3.72. The Morgan fingerprint density at radius 3 is 2.36 bits per heavy atom. The molecule has 7 heteroatoms. The van der Waals surface area contributed by atoms with E-state index in [2.05, 4.69) is 10.1 Å². The van der Waals surface area contributed by atoms with Crippen LogP contribution in [-0.4, -0.2) is 29.1 Å². The van der Waals surface area contributed by atoms with E-state index in [0.29, 0.717) is 18.4 Å². The van der Waals surface area contributed by atoms with Crippen molar-refractivity contribution in [3.05, 3.63) is 29.8 Å². The number of alkyl halides is 2. The Balaban J connectivity index is 1.90. The smallest absolute Gasteiger partial charge is 0.387 e. The summed E-state index contributed by atoms with van der Waals surface area (Å²) in [5, 5.41) is 11.7. The lowest BCUT2D eigenvalue weighted by Crippen LogP contribution is -2.55. The van der Waals surface area contributed by atoms with Crippen LogP contribution in [0.3, 0.4) is 0 Å². The number of carbonyl (C=O) groups excluding carboxylic acids is 1. The SMILES string of the molecule is O=C(O)CC1(NC(=O)Cc2ccc(OC(F)F)cc2)CCC1. The van der Waals surface area contributed by atoms with E-state index in [-0.39, 0.29) is 24.5 Å². The van der Waals surface area contributed by atoms with Crippen LogP contribution < -0.4 is 10.1 Å². The number of amides is 1. The predicted octanol–water partition coefficient (Wildman–Crippen LogP) is 2.34. The summed E-state index contributed by atoms with van der Waals surface area (Å²) in [6.07, 6.45) is 2.20. The second-order valence-electron chi connectivity index (χ2n) is 5.45. The van der Waals surface area contributed by atoms with E-state index in [1.165, 1.54) is 24.3 Å². The topological polar surface area (TPSA) is 75.6 Å². The maximum Gasteiger partial charge on any atom is 0.387 e. The Kier molecular flexibility index (Phi) is 4.95. The Morgan fingerprint density at radius 1 is 1.27 bits per heavy atom. The molecule has 0 spiro atoms. The van der Waals surface area contributed by atoms with E-state index in [1.54, 1.807) is 0 Å². The van der Waals surface area contributed by atoms with Gasteiger partial charge in [-0.1, -0.05) is 12.1 Å². The number of aliphatic carboxylic acids is 1. The fraction of sp³-hybridized carbons (Fsp3) is 0.467. The molecule has 1 amide bonds. The highest BCUT2D eigenvalue weighted by Gasteiger charge is 2.40. The van der Waals surface area contributed by atoms with Gasteiger partial charge in [0.2, 0.25) is 5.91 Å². The third-order valence-corrected chi connectivity index (χ3v) is 3.72. The number of nitrogens with one attached hydrogen (secondary N) is 1. The average Bonchev–Trinajstić information content (AvgIpc) is 2.37. The van der Waals surface area contributed by atoms with Gasteiger partial charge >= 0.3 is 12.6 Å². The lowest BCUT2D eigenvalue weighted by Gasteiger charge is -2.41. The highest BCUT2D eigenvalue weighted by atomic mass is 19.3. The first-order valence-corrected chi connectivity index (χ1v) is 6.95. The maximum absolute atomic E-state index is 12.0. The molecule has 1 aliphatic rings. The number of benzene rings is 1. The van der Waals surface area contributed by atoms with Crippen molar-refractivity contribution >= 4 is 11.9 Å². The summed E-state index contributed by atoms with van der Waals surface area (Å²) in [4.78, 5) is 22.9. The zero-order chi connectivity index (χ0) is 16.2. The van der Waals surface area contributed by atoms with Gasteiger partial charge in [0.25, 0.3) is 0 Å². The second-order valence-corrected chi connectivity index (χ2v) is 5.45. The number of hydrogen-bond acceptors (Lipinski definition) is 3. The molecule has 0 saturated heterocycles. The normalized spacial score (nSPS) is 16.0. The number of hydrogen-bond donors (Lipinski definition) is 2. The van der Waals surface area contributed by atoms with Crippen molar-refractivity contribution in [2.24, 2.45) is 0 Å². The monoisotopic (exact) mass is 313 g/mol. The molecule has 5 nitrogen and oxygen atoms in total. The van der Waals surface area contributed by atoms with Gasteiger partial charge in [-0.05, 0) is 37.0 Å². The van der Waals surface area contributed by atoms with E-state index in [1.807, 2.05) is 0 Å². The van der Waals surface area contributed by atoms with Gasteiger partial charge in [-0.15, -0.1) is 0 Å². The molecule has 0 unspecified atom stereocenters. The molecule has 2 N–H and O–H groups in total. The molecule has 0 aliphatic heterocycles. The molecule has 0 aromatic heterocycles. The first-order valence-electron chi connectivity index (χ1n) is 6.95. The van der Waals surface area contributed by atoms with E-state index >= 15 is 0 Å². The van der Waals surface area contributed by atoms with Gasteiger partial charge < -0.3 is 15.2 Å². The zero-order valence-electron chi connectivity index (χ0n) is 11.9. The number of carboxylic acids is 1. The van der Waals surface area contributed by atoms with Crippen LogP contribution in [0.15, 0.2) is 24.3 Å². The van der Waals surface area contributed by atoms with E-state index in [4.69, 9.17) is 5.11 Å². The fourth-order valence-electron chi connectivity index (χ4n) is 2.55. The lowest BCUT2D eigenvalue weighted by atomic mass is 9.74. The molecule has 1 aromatic rings. The number of rotatable bonds is 7. The minimum atomic E-state index is -2.89. The summed E-state index contributed by atoms with van der Waals surface area (Å²) in [6.45, 7) is -2.89. The minimum Gasteiger partial charge on any atom is -0.481 e. The molecule has 1 aliphatic carbocycles. The second kappa shape index (κ2) is 6.72. The molecule has 22 heavy (non-hydrogen) atoms. The van der Waals surface area contributed by atoms with Crippen molar-refractivity contribution in [3.63, 3.8) is 0 Å². The molecule has 1 saturated carbocycles. The molecule has 1 fully saturated rings. The molecule has 0 heterocycles. The van der Waals surface area contributed by atoms with Gasteiger partial charge in [0.15, 0.2) is 0 Å². The zero-order valence-corrected chi connectivity index (χ0v) is 11.9. The van der Waals surface area contributed by atoms with Crippen LogP contribution in [0.5, 0.6) is 5.75 Å². The summed E-state index contributed by atoms with van der Waals surface area (Å²) in [7, 11) is 0. The standard InChI is InChI=1S/C15H17F2NO4/c16-14(17)22-11-4-2-10(3-5-11)8-12(19)18-15(6-1-7-15)9-13(20)21/h2-5,14H,1,6-9H2,(H,18,19)(H,20,21). The highest BCUT2D eigenvalue weighted by Crippen LogP contribution is 2.35. The van der Waals surface area contributed by atoms with Crippen LogP contribution in [0.25, 0.3) is 0 Å². The highest BCUT2D eigenvalue weighted by molar-refractivity contribution is 5.80. The summed E-state index contributed by atoms with van der Waals surface area (Å²) < 4.78 is 28.3. The van der Waals surface area contributed by atoms with Crippen LogP contribution in [-0.2, 0) is 16.0 Å². The van der Waals surface area contributed by atoms with Gasteiger partial charge in [-0.2, -0.15) is 8.78 Å². The van der Waals surface area contributed by atoms with Crippen molar-refractivity contribution in [1.82, 2.24) is 5.32 Å². The third kappa shape index (κ3) is 4.41. The van der Waals surface area contributed by atoms with Gasteiger partial charge in [0, 0.05) is 0 Å². The van der Waals surface area contributed by atoms with Crippen LogP contribution in [0.4, 0.5) is 8.78 Å². The number of carbonyl (C=O) groups is 2. The summed E-state index contributed by atoms with van der Waals surface area (Å²) in [5.74, 6) is -1.18. The van der Waals surface area contributed by atoms with Crippen molar-refractivity contribution in [1.29, 1.82) is 0 Å². The van der Waals surface area contributed by atoms with Crippen LogP contribution >= 0.6 is 0 Å². The van der Waals surface area contributed by atoms with Gasteiger partial charge in [-0.3, -0.25) is 9.59 Å². The Morgan fingerprint density at radius 2 is 1.91 bits per heavy atom. The first kappa shape index (κ1) is 16.2. The Labute approximate surface area is 126 Å². The first-order chi connectivity index (χ1) is 10.4. The summed E-state index contributed by atoms with van der Waals surface area (Å²) in [6, 6.07) is 5.79. The van der Waals surface area contributed by atoms with Gasteiger partial charge in [-0.25, -0.2) is 0 Å². The lowest BCUT2D eigenvalue weighted by molar-refractivity contribution is -0.140. The molecule has 0 bridgehead atoms. The van der Waals surface area contributed by atoms with Gasteiger partial charge in [0.1, 0.15) is 5.75 Å². The quantitative estimate of drug-likeness (QED) is 0.810. The van der Waals surface area contributed by atoms with Crippen LogP contribution in [0, 0.1) is 0 Å². The molecule has 2 rings (SSSR count). The number of carboxylic acid groups (broad SMARTS) is 1. The molecule has 0 radical (unpaired) electrons. The van der Waals surface area contributed by atoms with E-state index in [0.717, 1.165) is 6.42 Å². The molecular formula is C15H17F2NO4. The summed E-state index contributed by atoms with van der Waals surface area (Å²) in [5.41, 5.74) is 0.00526. The molecular weight excluding hydrogens is 296 g/mol. The average molecular weight is 313 g/mol. The van der Waals surface area contributed by atoms with Crippen LogP contribution in [0.1, 0.15) is 31.2 Å². The maximum atomic E-state index is 12.0. The van der Waals surface area contributed by atoms with Crippen molar-refractivity contribution < 1.29 is 28.2 Å². The predicted molar refractivity (Wildman–Crippen MR) is 73.8 cm³/mol. The number of halogens is 2. The fourth-order valence-corrected chi connectivity index (χ4v) is 2.55. The molecule has 0 atom stereocenters. The largest absolute Gasteiger partial charge is 0.481 e. The van der Waals surface area contributed by atoms with Crippen molar-refractivity contribution in [2.75, 3.05) is 0 Å². The van der Waals surface area contributed by atoms with E-state index < -0.39 is 18.1 Å². The van der Waals surface area contributed by atoms with Crippen molar-refractivity contribution in [3.8, 4) is 5.75 Å². The molecule has 1 aromatic carbocycles.